The second-order valence-electron chi connectivity index (χ2n) is 8.42. The van der Waals surface area contributed by atoms with Crippen LogP contribution in [0.1, 0.15) is 29.7 Å². The molecule has 8 nitrogen and oxygen atoms in total. The van der Waals surface area contributed by atoms with Crippen LogP contribution in [0.25, 0.3) is 5.76 Å². The van der Waals surface area contributed by atoms with E-state index >= 15 is 0 Å². The fourth-order valence-electron chi connectivity index (χ4n) is 4.52. The van der Waals surface area contributed by atoms with Crippen molar-refractivity contribution in [2.45, 2.75) is 19.9 Å². The first kappa shape index (κ1) is 23.3. The lowest BCUT2D eigenvalue weighted by Gasteiger charge is -2.26. The standard InChI is InChI=1S/C28H25NO7/c1-4-34-22-13-17(8-10-20(22)33-3)25-24(26(30)18-9-11-21-23(14-18)36-15-35-21)27(31)28(32)29(25)19-7-5-6-16(2)12-19/h5-14,25,30H,4,15H2,1-3H3/b26-24+. The number of ketones is 1. The van der Waals surface area contributed by atoms with Gasteiger partial charge in [-0.1, -0.05) is 18.2 Å². The van der Waals surface area contributed by atoms with Gasteiger partial charge in [0.05, 0.1) is 25.3 Å². The van der Waals surface area contributed by atoms with E-state index in [1.165, 1.54) is 12.0 Å². The molecular weight excluding hydrogens is 462 g/mol. The largest absolute Gasteiger partial charge is 0.507 e. The van der Waals surface area contributed by atoms with Crippen molar-refractivity contribution in [1.29, 1.82) is 0 Å². The van der Waals surface area contributed by atoms with Gasteiger partial charge < -0.3 is 24.1 Å². The summed E-state index contributed by atoms with van der Waals surface area (Å²) < 4.78 is 22.0. The van der Waals surface area contributed by atoms with Gasteiger partial charge in [0.2, 0.25) is 6.79 Å². The summed E-state index contributed by atoms with van der Waals surface area (Å²) in [5.74, 6) is 0.151. The Morgan fingerprint density at radius 3 is 2.58 bits per heavy atom. The van der Waals surface area contributed by atoms with E-state index in [4.69, 9.17) is 18.9 Å². The molecule has 1 fully saturated rings. The highest BCUT2D eigenvalue weighted by Crippen LogP contribution is 2.45. The second kappa shape index (κ2) is 9.30. The van der Waals surface area contributed by atoms with Crippen molar-refractivity contribution in [2.24, 2.45) is 0 Å². The molecule has 36 heavy (non-hydrogen) atoms. The Labute approximate surface area is 208 Å². The van der Waals surface area contributed by atoms with Gasteiger partial charge in [-0.15, -0.1) is 0 Å². The molecule has 0 aromatic heterocycles. The van der Waals surface area contributed by atoms with E-state index in [1.54, 1.807) is 42.5 Å². The molecule has 5 rings (SSSR count). The van der Waals surface area contributed by atoms with Crippen LogP contribution in [0.4, 0.5) is 5.69 Å². The summed E-state index contributed by atoms with van der Waals surface area (Å²) in [4.78, 5) is 28.2. The molecule has 0 aliphatic carbocycles. The topological polar surface area (TPSA) is 94.5 Å². The average Bonchev–Trinajstić information content (AvgIpc) is 3.45. The number of rotatable bonds is 6. The molecule has 2 aliphatic heterocycles. The quantitative estimate of drug-likeness (QED) is 0.304. The van der Waals surface area contributed by atoms with Crippen molar-refractivity contribution in [3.63, 3.8) is 0 Å². The molecule has 3 aromatic rings. The fraction of sp³-hybridized carbons (Fsp3) is 0.214. The summed E-state index contributed by atoms with van der Waals surface area (Å²) in [5, 5.41) is 11.4. The average molecular weight is 488 g/mol. The van der Waals surface area contributed by atoms with Crippen LogP contribution in [-0.2, 0) is 9.59 Å². The lowest BCUT2D eigenvalue weighted by Crippen LogP contribution is -2.29. The number of aliphatic hydroxyl groups excluding tert-OH is 1. The van der Waals surface area contributed by atoms with Crippen molar-refractivity contribution in [3.05, 3.63) is 82.9 Å². The Hall–Kier alpha value is -4.46. The van der Waals surface area contributed by atoms with Crippen LogP contribution < -0.4 is 23.8 Å². The summed E-state index contributed by atoms with van der Waals surface area (Å²) in [6.45, 7) is 4.23. The van der Waals surface area contributed by atoms with Crippen molar-refractivity contribution in [3.8, 4) is 23.0 Å². The SMILES string of the molecule is CCOc1cc(C2/C(=C(\O)c3ccc4c(c3)OCO4)C(=O)C(=O)N2c2cccc(C)c2)ccc1OC. The van der Waals surface area contributed by atoms with E-state index in [1.807, 2.05) is 32.0 Å². The number of amides is 1. The monoisotopic (exact) mass is 487 g/mol. The van der Waals surface area contributed by atoms with Crippen molar-refractivity contribution in [1.82, 2.24) is 0 Å². The normalized spacial score (nSPS) is 18.0. The summed E-state index contributed by atoms with van der Waals surface area (Å²) in [5.41, 5.74) is 2.36. The minimum atomic E-state index is -0.901. The van der Waals surface area contributed by atoms with Crippen molar-refractivity contribution >= 4 is 23.1 Å². The Kier molecular flexibility index (Phi) is 6.01. The van der Waals surface area contributed by atoms with Gasteiger partial charge in [0, 0.05) is 11.3 Å². The summed E-state index contributed by atoms with van der Waals surface area (Å²) >= 11 is 0. The van der Waals surface area contributed by atoms with Crippen molar-refractivity contribution in [2.75, 3.05) is 25.4 Å². The first-order valence-electron chi connectivity index (χ1n) is 11.5. The van der Waals surface area contributed by atoms with Gasteiger partial charge in [-0.25, -0.2) is 0 Å². The number of methoxy groups -OCH3 is 1. The van der Waals surface area contributed by atoms with E-state index in [0.717, 1.165) is 5.56 Å². The van der Waals surface area contributed by atoms with Gasteiger partial charge in [0.25, 0.3) is 11.7 Å². The highest BCUT2D eigenvalue weighted by molar-refractivity contribution is 6.51. The molecule has 184 valence electrons. The molecule has 2 heterocycles. The Balaban J connectivity index is 1.72. The maximum atomic E-state index is 13.4. The summed E-state index contributed by atoms with van der Waals surface area (Å²) in [6, 6.07) is 16.5. The summed E-state index contributed by atoms with van der Waals surface area (Å²) in [6.07, 6.45) is 0. The number of fused-ring (bicyclic) bond motifs is 1. The van der Waals surface area contributed by atoms with E-state index in [0.29, 0.717) is 46.4 Å². The van der Waals surface area contributed by atoms with Crippen LogP contribution >= 0.6 is 0 Å². The third-order valence-corrected chi connectivity index (χ3v) is 6.17. The molecule has 8 heteroatoms. The number of ether oxygens (including phenoxy) is 4. The van der Waals surface area contributed by atoms with Crippen LogP contribution in [0.15, 0.2) is 66.2 Å². The number of hydrogen-bond donors (Lipinski definition) is 1. The molecule has 0 spiro atoms. The number of benzene rings is 3. The van der Waals surface area contributed by atoms with Crippen LogP contribution in [-0.4, -0.2) is 37.3 Å². The molecule has 1 amide bonds. The van der Waals surface area contributed by atoms with Crippen molar-refractivity contribution < 1.29 is 33.6 Å². The zero-order valence-corrected chi connectivity index (χ0v) is 20.1. The Bertz CT molecular complexity index is 1390. The number of carbonyl (C=O) groups is 2. The number of aliphatic hydroxyl groups is 1. The minimum Gasteiger partial charge on any atom is -0.507 e. The fourth-order valence-corrected chi connectivity index (χ4v) is 4.52. The second-order valence-corrected chi connectivity index (χ2v) is 8.42. The lowest BCUT2D eigenvalue weighted by atomic mass is 9.94. The predicted molar refractivity (Wildman–Crippen MR) is 133 cm³/mol. The number of carbonyl (C=O) groups excluding carboxylic acids is 2. The van der Waals surface area contributed by atoms with Gasteiger partial charge in [0.1, 0.15) is 5.76 Å². The number of anilines is 1. The number of Topliss-reactive ketones (excluding diaryl/α,β-unsaturated/α-hetero) is 1. The van der Waals surface area contributed by atoms with E-state index in [9.17, 15) is 14.7 Å². The third kappa shape index (κ3) is 3.90. The highest BCUT2D eigenvalue weighted by Gasteiger charge is 2.47. The zero-order valence-electron chi connectivity index (χ0n) is 20.1. The van der Waals surface area contributed by atoms with Crippen LogP contribution in [0.3, 0.4) is 0 Å². The van der Waals surface area contributed by atoms with E-state index < -0.39 is 17.7 Å². The predicted octanol–water partition coefficient (Wildman–Crippen LogP) is 4.76. The maximum Gasteiger partial charge on any atom is 0.300 e. The molecule has 0 saturated carbocycles. The van der Waals surface area contributed by atoms with Gasteiger partial charge in [-0.3, -0.25) is 14.5 Å². The Morgan fingerprint density at radius 2 is 1.83 bits per heavy atom. The third-order valence-electron chi connectivity index (χ3n) is 6.17. The summed E-state index contributed by atoms with van der Waals surface area (Å²) in [7, 11) is 1.54. The molecule has 1 N–H and O–H groups in total. The molecular formula is C28H25NO7. The van der Waals surface area contributed by atoms with Gasteiger partial charge in [-0.05, 0) is 67.4 Å². The lowest BCUT2D eigenvalue weighted by molar-refractivity contribution is -0.132. The van der Waals surface area contributed by atoms with E-state index in [2.05, 4.69) is 0 Å². The van der Waals surface area contributed by atoms with Gasteiger partial charge in [0.15, 0.2) is 23.0 Å². The molecule has 1 saturated heterocycles. The number of hydrogen-bond acceptors (Lipinski definition) is 7. The molecule has 1 atom stereocenters. The molecule has 1 unspecified atom stereocenters. The highest BCUT2D eigenvalue weighted by atomic mass is 16.7. The first-order valence-corrected chi connectivity index (χ1v) is 11.5. The molecule has 0 bridgehead atoms. The minimum absolute atomic E-state index is 0.0343. The van der Waals surface area contributed by atoms with Gasteiger partial charge in [-0.2, -0.15) is 0 Å². The van der Waals surface area contributed by atoms with Crippen LogP contribution in [0, 0.1) is 6.92 Å². The molecule has 3 aromatic carbocycles. The number of nitrogens with zero attached hydrogens (tertiary/aromatic N) is 1. The van der Waals surface area contributed by atoms with E-state index in [-0.39, 0.29) is 18.1 Å². The van der Waals surface area contributed by atoms with Crippen LogP contribution in [0.2, 0.25) is 0 Å². The Morgan fingerprint density at radius 1 is 1.03 bits per heavy atom. The zero-order chi connectivity index (χ0) is 25.4. The molecule has 0 radical (unpaired) electrons. The maximum absolute atomic E-state index is 13.4. The van der Waals surface area contributed by atoms with Crippen LogP contribution in [0.5, 0.6) is 23.0 Å². The van der Waals surface area contributed by atoms with Gasteiger partial charge >= 0.3 is 0 Å². The molecule has 2 aliphatic rings. The smallest absolute Gasteiger partial charge is 0.300 e. The first-order chi connectivity index (χ1) is 17.4. The number of aryl methyl sites for hydroxylation is 1.